The molecule has 0 radical (unpaired) electrons. The molecule has 126 valence electrons. The van der Waals surface area contributed by atoms with E-state index in [4.69, 9.17) is 15.6 Å². The van der Waals surface area contributed by atoms with Crippen molar-refractivity contribution in [1.29, 1.82) is 0 Å². The number of nitrogens with zero attached hydrogens (tertiary/aromatic N) is 3. The van der Waals surface area contributed by atoms with E-state index in [0.29, 0.717) is 11.0 Å². The molecule has 0 bridgehead atoms. The van der Waals surface area contributed by atoms with E-state index in [1.54, 1.807) is 12.3 Å². The van der Waals surface area contributed by atoms with E-state index in [1.165, 1.54) is 10.9 Å². The lowest BCUT2D eigenvalue weighted by Crippen LogP contribution is -2.35. The molecule has 0 aliphatic carbocycles. The molecular weight excluding hydrogens is 330 g/mol. The summed E-state index contributed by atoms with van der Waals surface area (Å²) in [5.41, 5.74) is 6.14. The summed E-state index contributed by atoms with van der Waals surface area (Å²) >= 11 is 0. The van der Waals surface area contributed by atoms with Crippen LogP contribution in [-0.4, -0.2) is 58.1 Å². The Bertz CT molecular complexity index is 823. The predicted molar refractivity (Wildman–Crippen MR) is 76.9 cm³/mol. The third kappa shape index (κ3) is 2.99. The third-order valence-electron chi connectivity index (χ3n) is 3.55. The minimum atomic E-state index is -4.18. The maximum Gasteiger partial charge on any atom is 0.333 e. The van der Waals surface area contributed by atoms with E-state index in [0.717, 1.165) is 0 Å². The normalized spacial score (nSPS) is 28.5. The maximum absolute atomic E-state index is 10.8. The van der Waals surface area contributed by atoms with Crippen molar-refractivity contribution in [2.45, 2.75) is 24.5 Å². The van der Waals surface area contributed by atoms with Gasteiger partial charge in [-0.15, -0.1) is 0 Å². The third-order valence-corrected chi connectivity index (χ3v) is 4.01. The van der Waals surface area contributed by atoms with Crippen molar-refractivity contribution in [3.05, 3.63) is 18.6 Å². The van der Waals surface area contributed by atoms with Gasteiger partial charge in [-0.1, -0.05) is 0 Å². The lowest BCUT2D eigenvalue weighted by molar-refractivity contribution is -0.0464. The molecule has 3 rings (SSSR count). The fourth-order valence-corrected chi connectivity index (χ4v) is 2.78. The first-order valence-electron chi connectivity index (χ1n) is 6.53. The summed E-state index contributed by atoms with van der Waals surface area (Å²) in [5, 5.41) is 25.4. The van der Waals surface area contributed by atoms with E-state index in [1.807, 2.05) is 0 Å². The molecule has 2 aromatic rings. The Morgan fingerprint density at radius 3 is 2.78 bits per heavy atom. The molecule has 1 saturated heterocycles. The fourth-order valence-electron chi connectivity index (χ4n) is 2.45. The van der Waals surface area contributed by atoms with Crippen LogP contribution in [0, 0.1) is 0 Å². The molecule has 4 atom stereocenters. The molecule has 23 heavy (non-hydrogen) atoms. The number of hydrogen-bond donors (Lipinski definition) is 4. The Balaban J connectivity index is 1.86. The second-order valence-corrected chi connectivity index (χ2v) is 6.26. The molecule has 3 heterocycles. The Morgan fingerprint density at radius 1 is 1.35 bits per heavy atom. The van der Waals surface area contributed by atoms with Crippen LogP contribution in [0.1, 0.15) is 6.23 Å². The zero-order valence-corrected chi connectivity index (χ0v) is 12.5. The molecule has 0 amide bonds. The molecule has 12 heteroatoms. The highest BCUT2D eigenvalue weighted by Gasteiger charge is 2.44. The Hall–Kier alpha value is -1.83. The van der Waals surface area contributed by atoms with Crippen molar-refractivity contribution in [2.75, 3.05) is 12.3 Å². The van der Waals surface area contributed by atoms with E-state index >= 15 is 0 Å². The number of aliphatic hydroxyl groups excluding tert-OH is 2. The molecule has 0 aromatic carbocycles. The van der Waals surface area contributed by atoms with Crippen LogP contribution < -0.4 is 10.9 Å². The summed E-state index contributed by atoms with van der Waals surface area (Å²) in [6.45, 7) is -0.524. The standard InChI is InChI=1S/C11H15N5O6S/c12-9-5-1-2-16(10(5)15-4-14-9)11-8(18)7(17)6(22-11)3-21-23(13,19)20/h1-2,4,6-8,11,17-18H,3H2,(H2,12,14,15)(H2,13,19,20). The van der Waals surface area contributed by atoms with Crippen LogP contribution in [-0.2, 0) is 19.2 Å². The number of nitrogens with two attached hydrogens (primary N) is 2. The van der Waals surface area contributed by atoms with E-state index in [2.05, 4.69) is 14.2 Å². The first kappa shape index (κ1) is 16.0. The quantitative estimate of drug-likeness (QED) is 0.481. The number of fused-ring (bicyclic) bond motifs is 1. The van der Waals surface area contributed by atoms with Crippen molar-refractivity contribution in [3.63, 3.8) is 0 Å². The molecule has 1 aliphatic heterocycles. The van der Waals surface area contributed by atoms with Gasteiger partial charge in [0.15, 0.2) is 6.23 Å². The second kappa shape index (κ2) is 5.67. The number of anilines is 1. The summed E-state index contributed by atoms with van der Waals surface area (Å²) in [6.07, 6.45) is -1.93. The number of nitrogen functional groups attached to an aromatic ring is 1. The van der Waals surface area contributed by atoms with Crippen molar-refractivity contribution < 1.29 is 27.6 Å². The van der Waals surface area contributed by atoms with E-state index in [9.17, 15) is 18.6 Å². The molecule has 2 aromatic heterocycles. The van der Waals surface area contributed by atoms with Gasteiger partial charge in [-0.2, -0.15) is 8.42 Å². The Labute approximate surface area is 130 Å². The SMILES string of the molecule is Nc1ncnc2c1ccn2C1OC(COS(N)(=O)=O)C(O)C1O. The average Bonchev–Trinajstić information content (AvgIpc) is 3.01. The highest BCUT2D eigenvalue weighted by Crippen LogP contribution is 2.32. The van der Waals surface area contributed by atoms with Crippen LogP contribution in [0.4, 0.5) is 5.82 Å². The van der Waals surface area contributed by atoms with Gasteiger partial charge in [-0.05, 0) is 6.07 Å². The van der Waals surface area contributed by atoms with Crippen molar-refractivity contribution in [1.82, 2.24) is 14.5 Å². The smallest absolute Gasteiger partial charge is 0.333 e. The lowest BCUT2D eigenvalue weighted by atomic mass is 10.1. The van der Waals surface area contributed by atoms with Gasteiger partial charge in [0, 0.05) is 6.20 Å². The molecular formula is C11H15N5O6S. The van der Waals surface area contributed by atoms with Gasteiger partial charge < -0.3 is 25.3 Å². The zero-order chi connectivity index (χ0) is 16.8. The van der Waals surface area contributed by atoms with Gasteiger partial charge in [0.05, 0.1) is 12.0 Å². The minimum Gasteiger partial charge on any atom is -0.387 e. The van der Waals surface area contributed by atoms with Gasteiger partial charge in [0.25, 0.3) is 0 Å². The Morgan fingerprint density at radius 2 is 2.09 bits per heavy atom. The first-order chi connectivity index (χ1) is 10.8. The molecule has 4 unspecified atom stereocenters. The highest BCUT2D eigenvalue weighted by atomic mass is 32.2. The van der Waals surface area contributed by atoms with Gasteiger partial charge in [-0.3, -0.25) is 4.18 Å². The van der Waals surface area contributed by atoms with Crippen molar-refractivity contribution in [3.8, 4) is 0 Å². The van der Waals surface area contributed by atoms with Crippen LogP contribution in [0.2, 0.25) is 0 Å². The predicted octanol–water partition coefficient (Wildman–Crippen LogP) is -2.15. The molecule has 11 nitrogen and oxygen atoms in total. The van der Waals surface area contributed by atoms with Crippen molar-refractivity contribution in [2.24, 2.45) is 5.14 Å². The monoisotopic (exact) mass is 345 g/mol. The number of aromatic nitrogens is 3. The van der Waals surface area contributed by atoms with Crippen LogP contribution in [0.15, 0.2) is 18.6 Å². The fraction of sp³-hybridized carbons (Fsp3) is 0.455. The van der Waals surface area contributed by atoms with Gasteiger partial charge in [0.1, 0.15) is 36.1 Å². The summed E-state index contributed by atoms with van der Waals surface area (Å²) in [7, 11) is -4.18. The van der Waals surface area contributed by atoms with Crippen LogP contribution in [0.25, 0.3) is 11.0 Å². The van der Waals surface area contributed by atoms with Crippen LogP contribution >= 0.6 is 0 Å². The highest BCUT2D eigenvalue weighted by molar-refractivity contribution is 7.84. The van der Waals surface area contributed by atoms with Crippen LogP contribution in [0.5, 0.6) is 0 Å². The first-order valence-corrected chi connectivity index (χ1v) is 8.01. The van der Waals surface area contributed by atoms with Gasteiger partial charge in [0.2, 0.25) is 0 Å². The molecule has 6 N–H and O–H groups in total. The second-order valence-electron chi connectivity index (χ2n) is 5.04. The summed E-state index contributed by atoms with van der Waals surface area (Å²) < 4.78 is 33.0. The van der Waals surface area contributed by atoms with Gasteiger partial charge in [-0.25, -0.2) is 15.1 Å². The summed E-state index contributed by atoms with van der Waals surface area (Å²) in [4.78, 5) is 7.92. The lowest BCUT2D eigenvalue weighted by Gasteiger charge is -2.17. The van der Waals surface area contributed by atoms with Gasteiger partial charge >= 0.3 is 10.3 Å². The number of hydrogen-bond acceptors (Lipinski definition) is 9. The molecule has 1 aliphatic rings. The molecule has 1 fully saturated rings. The summed E-state index contributed by atoms with van der Waals surface area (Å²) in [6, 6.07) is 1.64. The number of rotatable bonds is 4. The topological polar surface area (TPSA) is 176 Å². The molecule has 0 saturated carbocycles. The number of aliphatic hydroxyl groups is 2. The summed E-state index contributed by atoms with van der Waals surface area (Å²) in [5.74, 6) is 0.260. The Kier molecular flexibility index (Phi) is 3.95. The average molecular weight is 345 g/mol. The van der Waals surface area contributed by atoms with Crippen LogP contribution in [0.3, 0.4) is 0 Å². The zero-order valence-electron chi connectivity index (χ0n) is 11.7. The van der Waals surface area contributed by atoms with Crippen molar-refractivity contribution >= 4 is 27.2 Å². The largest absolute Gasteiger partial charge is 0.387 e. The molecule has 0 spiro atoms. The van der Waals surface area contributed by atoms with E-state index in [-0.39, 0.29) is 5.82 Å². The number of ether oxygens (including phenoxy) is 1. The minimum absolute atomic E-state index is 0.260. The van der Waals surface area contributed by atoms with E-state index < -0.39 is 41.5 Å². The maximum atomic E-state index is 10.8.